The fourth-order valence-corrected chi connectivity index (χ4v) is 4.92. The summed E-state index contributed by atoms with van der Waals surface area (Å²) in [6.07, 6.45) is 11.4. The monoisotopic (exact) mass is 503 g/mol. The maximum atomic E-state index is 6.00. The van der Waals surface area contributed by atoms with Gasteiger partial charge in [0.25, 0.3) is 0 Å². The van der Waals surface area contributed by atoms with Crippen LogP contribution in [0.5, 0.6) is 5.75 Å². The first-order valence-corrected chi connectivity index (χ1v) is 12.7. The van der Waals surface area contributed by atoms with E-state index in [2.05, 4.69) is 35.0 Å². The SMILES string of the molecule is c1ccc(-c2cncc3[nH]c(-c4n[nH]c5ccc(-c6cncc(OCCN7CCCC7)c6)nc45)nc23)nc1. The molecular formula is C28H25N9O. The van der Waals surface area contributed by atoms with E-state index in [0.717, 1.165) is 64.4 Å². The summed E-state index contributed by atoms with van der Waals surface area (Å²) < 4.78 is 6.00. The van der Waals surface area contributed by atoms with Gasteiger partial charge in [0.15, 0.2) is 11.5 Å². The summed E-state index contributed by atoms with van der Waals surface area (Å²) in [6.45, 7) is 3.89. The predicted molar refractivity (Wildman–Crippen MR) is 144 cm³/mol. The minimum absolute atomic E-state index is 0.609. The Labute approximate surface area is 218 Å². The lowest BCUT2D eigenvalue weighted by molar-refractivity contribution is 0.237. The van der Waals surface area contributed by atoms with E-state index in [1.165, 1.54) is 12.8 Å². The second-order valence-corrected chi connectivity index (χ2v) is 9.36. The molecule has 10 heteroatoms. The normalized spacial score (nSPS) is 14.0. The van der Waals surface area contributed by atoms with Crippen molar-refractivity contribution >= 4 is 22.1 Å². The minimum atomic E-state index is 0.609. The number of hydrogen-bond donors (Lipinski definition) is 2. The van der Waals surface area contributed by atoms with Gasteiger partial charge in [0.2, 0.25) is 0 Å². The number of ether oxygens (including phenoxy) is 1. The molecule has 7 rings (SSSR count). The van der Waals surface area contributed by atoms with Crippen LogP contribution in [0.15, 0.2) is 67.4 Å². The molecule has 1 aliphatic rings. The fourth-order valence-electron chi connectivity index (χ4n) is 4.92. The first-order chi connectivity index (χ1) is 18.8. The van der Waals surface area contributed by atoms with Gasteiger partial charge in [0.05, 0.1) is 34.8 Å². The highest BCUT2D eigenvalue weighted by molar-refractivity contribution is 5.95. The van der Waals surface area contributed by atoms with Gasteiger partial charge in [-0.15, -0.1) is 0 Å². The zero-order chi connectivity index (χ0) is 25.3. The number of pyridine rings is 4. The summed E-state index contributed by atoms with van der Waals surface area (Å²) in [6, 6.07) is 11.7. The average molecular weight is 504 g/mol. The van der Waals surface area contributed by atoms with Crippen molar-refractivity contribution < 1.29 is 4.74 Å². The molecule has 0 aromatic carbocycles. The van der Waals surface area contributed by atoms with Crippen molar-refractivity contribution in [2.45, 2.75) is 12.8 Å². The van der Waals surface area contributed by atoms with Gasteiger partial charge in [-0.1, -0.05) is 6.07 Å². The molecule has 1 aliphatic heterocycles. The lowest BCUT2D eigenvalue weighted by Crippen LogP contribution is -2.25. The van der Waals surface area contributed by atoms with E-state index < -0.39 is 0 Å². The van der Waals surface area contributed by atoms with Crippen molar-refractivity contribution in [3.63, 3.8) is 0 Å². The molecule has 38 heavy (non-hydrogen) atoms. The Morgan fingerprint density at radius 2 is 1.79 bits per heavy atom. The van der Waals surface area contributed by atoms with Crippen molar-refractivity contribution in [2.24, 2.45) is 0 Å². The van der Waals surface area contributed by atoms with Gasteiger partial charge in [-0.05, 0) is 56.3 Å². The number of imidazole rings is 1. The molecule has 0 bridgehead atoms. The molecule has 2 N–H and O–H groups in total. The van der Waals surface area contributed by atoms with Crippen molar-refractivity contribution in [1.82, 2.24) is 45.0 Å². The van der Waals surface area contributed by atoms with Crippen molar-refractivity contribution in [1.29, 1.82) is 0 Å². The van der Waals surface area contributed by atoms with Crippen LogP contribution < -0.4 is 4.74 Å². The molecule has 0 saturated carbocycles. The van der Waals surface area contributed by atoms with Crippen LogP contribution in [0.2, 0.25) is 0 Å². The Balaban J connectivity index is 1.20. The molecular weight excluding hydrogens is 478 g/mol. The Kier molecular flexibility index (Phi) is 5.71. The van der Waals surface area contributed by atoms with Crippen LogP contribution >= 0.6 is 0 Å². The second kappa shape index (κ2) is 9.64. The maximum Gasteiger partial charge on any atom is 0.161 e. The highest BCUT2D eigenvalue weighted by atomic mass is 16.5. The number of hydrogen-bond acceptors (Lipinski definition) is 8. The topological polar surface area (TPSA) is 121 Å². The molecule has 6 aromatic heterocycles. The van der Waals surface area contributed by atoms with Gasteiger partial charge in [0, 0.05) is 36.3 Å². The number of nitrogens with one attached hydrogen (secondary N) is 2. The molecule has 1 saturated heterocycles. The molecule has 7 heterocycles. The van der Waals surface area contributed by atoms with Crippen molar-refractivity contribution in [2.75, 3.05) is 26.2 Å². The van der Waals surface area contributed by atoms with Gasteiger partial charge in [-0.25, -0.2) is 9.97 Å². The summed E-state index contributed by atoms with van der Waals surface area (Å²) in [5.74, 6) is 1.35. The Bertz CT molecular complexity index is 1720. The smallest absolute Gasteiger partial charge is 0.161 e. The average Bonchev–Trinajstić information content (AvgIpc) is 3.73. The van der Waals surface area contributed by atoms with E-state index in [4.69, 9.17) is 14.7 Å². The summed E-state index contributed by atoms with van der Waals surface area (Å²) in [7, 11) is 0. The van der Waals surface area contributed by atoms with Gasteiger partial charge >= 0.3 is 0 Å². The minimum Gasteiger partial charge on any atom is -0.491 e. The molecule has 0 spiro atoms. The van der Waals surface area contributed by atoms with Crippen LogP contribution in [0.1, 0.15) is 12.8 Å². The van der Waals surface area contributed by atoms with Crippen LogP contribution in [0.25, 0.3) is 56.1 Å². The van der Waals surface area contributed by atoms with Crippen LogP contribution in [0.3, 0.4) is 0 Å². The van der Waals surface area contributed by atoms with E-state index >= 15 is 0 Å². The fraction of sp³-hybridized carbons (Fsp3) is 0.214. The molecule has 188 valence electrons. The van der Waals surface area contributed by atoms with E-state index in [1.54, 1.807) is 31.0 Å². The number of fused-ring (bicyclic) bond motifs is 2. The summed E-state index contributed by atoms with van der Waals surface area (Å²) in [5, 5.41) is 7.61. The first kappa shape index (κ1) is 22.5. The number of aromatic amines is 2. The zero-order valence-corrected chi connectivity index (χ0v) is 20.6. The quantitative estimate of drug-likeness (QED) is 0.327. The largest absolute Gasteiger partial charge is 0.491 e. The summed E-state index contributed by atoms with van der Waals surface area (Å²) in [4.78, 5) is 28.8. The highest BCUT2D eigenvalue weighted by Crippen LogP contribution is 2.31. The standard InChI is InChI=1S/C28H25N9O/c1-2-8-31-22(5-1)20-16-30-17-24-25(20)34-28(33-24)27-26-23(35-36-27)7-6-21(32-26)18-13-19(15-29-14-18)38-12-11-37-9-3-4-10-37/h1-2,5-8,13-17H,3-4,9-12H2,(H,33,34)(H,35,36). The van der Waals surface area contributed by atoms with Crippen molar-refractivity contribution in [3.05, 3.63) is 67.4 Å². The van der Waals surface area contributed by atoms with E-state index in [0.29, 0.717) is 23.6 Å². The Hall–Kier alpha value is -4.70. The molecule has 10 nitrogen and oxygen atoms in total. The van der Waals surface area contributed by atoms with Gasteiger partial charge in [-0.2, -0.15) is 5.10 Å². The molecule has 0 unspecified atom stereocenters. The predicted octanol–water partition coefficient (Wildman–Crippen LogP) is 4.49. The highest BCUT2D eigenvalue weighted by Gasteiger charge is 2.18. The lowest BCUT2D eigenvalue weighted by Gasteiger charge is -2.15. The van der Waals surface area contributed by atoms with Crippen LogP contribution in [0.4, 0.5) is 0 Å². The molecule has 0 aliphatic carbocycles. The summed E-state index contributed by atoms with van der Waals surface area (Å²) in [5.41, 5.74) is 7.08. The summed E-state index contributed by atoms with van der Waals surface area (Å²) >= 11 is 0. The van der Waals surface area contributed by atoms with E-state index in [-0.39, 0.29) is 0 Å². The van der Waals surface area contributed by atoms with Gasteiger partial charge < -0.3 is 9.72 Å². The van der Waals surface area contributed by atoms with Crippen LogP contribution in [-0.4, -0.2) is 71.2 Å². The lowest BCUT2D eigenvalue weighted by atomic mass is 10.1. The third kappa shape index (κ3) is 4.24. The number of aromatic nitrogens is 8. The Morgan fingerprint density at radius 3 is 2.68 bits per heavy atom. The van der Waals surface area contributed by atoms with Crippen LogP contribution in [0, 0.1) is 0 Å². The molecule has 0 radical (unpaired) electrons. The first-order valence-electron chi connectivity index (χ1n) is 12.7. The molecule has 0 amide bonds. The Morgan fingerprint density at radius 1 is 0.868 bits per heavy atom. The molecule has 0 atom stereocenters. The molecule has 6 aromatic rings. The number of H-pyrrole nitrogens is 2. The third-order valence-corrected chi connectivity index (χ3v) is 6.85. The third-order valence-electron chi connectivity index (χ3n) is 6.85. The number of nitrogens with zero attached hydrogens (tertiary/aromatic N) is 7. The van der Waals surface area contributed by atoms with Gasteiger partial charge in [-0.3, -0.25) is 25.0 Å². The van der Waals surface area contributed by atoms with Crippen LogP contribution in [-0.2, 0) is 0 Å². The number of likely N-dealkylation sites (tertiary alicyclic amines) is 1. The zero-order valence-electron chi connectivity index (χ0n) is 20.6. The van der Waals surface area contributed by atoms with E-state index in [1.807, 2.05) is 36.4 Å². The maximum absolute atomic E-state index is 6.00. The van der Waals surface area contributed by atoms with E-state index in [9.17, 15) is 0 Å². The number of rotatable bonds is 7. The second-order valence-electron chi connectivity index (χ2n) is 9.36. The molecule has 1 fully saturated rings. The van der Waals surface area contributed by atoms with Gasteiger partial charge in [0.1, 0.15) is 23.4 Å². The van der Waals surface area contributed by atoms with Crippen molar-refractivity contribution in [3.8, 4) is 39.8 Å².